The maximum atomic E-state index is 4.77. The molecular formula is C14H21NS2. The van der Waals surface area contributed by atoms with E-state index in [0.717, 1.165) is 0 Å². The Morgan fingerprint density at radius 2 is 1.82 bits per heavy atom. The van der Waals surface area contributed by atoms with Gasteiger partial charge in [0, 0.05) is 9.95 Å². The molecule has 0 radical (unpaired) electrons. The van der Waals surface area contributed by atoms with Crippen molar-refractivity contribution in [2.45, 2.75) is 31.4 Å². The highest BCUT2D eigenvalue weighted by molar-refractivity contribution is 8.20. The van der Waals surface area contributed by atoms with E-state index in [-0.39, 0.29) is 0 Å². The molecule has 1 saturated heterocycles. The van der Waals surface area contributed by atoms with Gasteiger partial charge >= 0.3 is 0 Å². The summed E-state index contributed by atoms with van der Waals surface area (Å²) in [6.07, 6.45) is 4.22. The highest BCUT2D eigenvalue weighted by Gasteiger charge is 2.01. The summed E-state index contributed by atoms with van der Waals surface area (Å²) in [5.74, 6) is 0. The van der Waals surface area contributed by atoms with Gasteiger partial charge in [-0.3, -0.25) is 0 Å². The SMILES string of the molecule is C1CCNCC1.CC(SC=S)c1ccccc1. The second kappa shape index (κ2) is 9.63. The van der Waals surface area contributed by atoms with Crippen molar-refractivity contribution in [1.29, 1.82) is 0 Å². The molecule has 1 nitrogen and oxygen atoms in total. The third kappa shape index (κ3) is 6.81. The third-order valence-electron chi connectivity index (χ3n) is 2.74. The van der Waals surface area contributed by atoms with Gasteiger partial charge in [0.15, 0.2) is 0 Å². The number of benzene rings is 1. The van der Waals surface area contributed by atoms with Gasteiger partial charge in [0.1, 0.15) is 0 Å². The van der Waals surface area contributed by atoms with Crippen molar-refractivity contribution in [3.8, 4) is 0 Å². The summed E-state index contributed by atoms with van der Waals surface area (Å²) < 4.78 is 1.72. The lowest BCUT2D eigenvalue weighted by molar-refractivity contribution is 0.520. The lowest BCUT2D eigenvalue weighted by atomic mass is 10.2. The number of thiocarbonyl (C=S) groups is 1. The van der Waals surface area contributed by atoms with Crippen LogP contribution in [0.2, 0.25) is 0 Å². The molecule has 94 valence electrons. The van der Waals surface area contributed by atoms with E-state index < -0.39 is 0 Å². The van der Waals surface area contributed by atoms with Crippen molar-refractivity contribution < 1.29 is 0 Å². The fourth-order valence-electron chi connectivity index (χ4n) is 1.69. The average molecular weight is 267 g/mol. The maximum absolute atomic E-state index is 4.77. The minimum absolute atomic E-state index is 0.480. The van der Waals surface area contributed by atoms with Crippen LogP contribution in [0.25, 0.3) is 0 Å². The molecule has 0 amide bonds. The first-order chi connectivity index (χ1) is 8.34. The molecule has 0 spiro atoms. The Kier molecular flexibility index (Phi) is 8.32. The predicted octanol–water partition coefficient (Wildman–Crippen LogP) is 4.20. The Bertz CT molecular complexity index is 285. The molecule has 0 bridgehead atoms. The Hall–Kier alpha value is -0.380. The number of nitrogens with one attached hydrogen (secondary N) is 1. The van der Waals surface area contributed by atoms with Gasteiger partial charge in [-0.15, -0.1) is 11.8 Å². The van der Waals surface area contributed by atoms with Crippen LogP contribution in [-0.2, 0) is 0 Å². The zero-order chi connectivity index (χ0) is 12.3. The van der Waals surface area contributed by atoms with Crippen molar-refractivity contribution >= 4 is 28.7 Å². The van der Waals surface area contributed by atoms with Crippen molar-refractivity contribution in [1.82, 2.24) is 5.32 Å². The Labute approximate surface area is 114 Å². The van der Waals surface area contributed by atoms with Crippen LogP contribution in [0.5, 0.6) is 0 Å². The van der Waals surface area contributed by atoms with E-state index in [2.05, 4.69) is 36.5 Å². The van der Waals surface area contributed by atoms with Crippen LogP contribution in [0.3, 0.4) is 0 Å². The quantitative estimate of drug-likeness (QED) is 0.824. The molecule has 1 aliphatic heterocycles. The largest absolute Gasteiger partial charge is 0.317 e. The topological polar surface area (TPSA) is 12.0 Å². The summed E-state index contributed by atoms with van der Waals surface area (Å²) in [7, 11) is 0. The standard InChI is InChI=1S/C9H10S2.C5H11N/c1-8(11-7-10)9-5-3-2-4-6-9;1-2-4-6-5-3-1/h2-8H,1H3;6H,1-5H2. The van der Waals surface area contributed by atoms with E-state index >= 15 is 0 Å². The summed E-state index contributed by atoms with van der Waals surface area (Å²) >= 11 is 6.44. The van der Waals surface area contributed by atoms with Crippen molar-refractivity contribution in [2.24, 2.45) is 0 Å². The zero-order valence-corrected chi connectivity index (χ0v) is 12.0. The number of piperidine rings is 1. The van der Waals surface area contributed by atoms with Gasteiger partial charge in [0.25, 0.3) is 0 Å². The number of hydrogen-bond acceptors (Lipinski definition) is 3. The van der Waals surface area contributed by atoms with E-state index in [4.69, 9.17) is 12.2 Å². The van der Waals surface area contributed by atoms with E-state index in [9.17, 15) is 0 Å². The third-order valence-corrected chi connectivity index (χ3v) is 3.86. The monoisotopic (exact) mass is 267 g/mol. The molecule has 1 aromatic rings. The van der Waals surface area contributed by atoms with Gasteiger partial charge in [-0.2, -0.15) is 0 Å². The summed E-state index contributed by atoms with van der Waals surface area (Å²) in [6, 6.07) is 10.4. The molecule has 1 N–H and O–H groups in total. The molecular weight excluding hydrogens is 246 g/mol. The molecule has 2 rings (SSSR count). The van der Waals surface area contributed by atoms with E-state index in [1.807, 2.05) is 6.07 Å². The fourth-order valence-corrected chi connectivity index (χ4v) is 2.67. The van der Waals surface area contributed by atoms with Crippen molar-refractivity contribution in [3.63, 3.8) is 0 Å². The minimum Gasteiger partial charge on any atom is -0.317 e. The van der Waals surface area contributed by atoms with E-state index in [1.54, 1.807) is 16.5 Å². The van der Waals surface area contributed by atoms with Gasteiger partial charge in [0.05, 0.1) is 0 Å². The molecule has 1 unspecified atom stereocenters. The Morgan fingerprint density at radius 3 is 2.24 bits per heavy atom. The summed E-state index contributed by atoms with van der Waals surface area (Å²) in [5.41, 5.74) is 1.33. The van der Waals surface area contributed by atoms with Gasteiger partial charge < -0.3 is 5.32 Å². The van der Waals surface area contributed by atoms with Crippen molar-refractivity contribution in [3.05, 3.63) is 35.9 Å². The second-order valence-electron chi connectivity index (χ2n) is 4.10. The minimum atomic E-state index is 0.480. The Balaban J connectivity index is 0.000000202. The molecule has 0 aliphatic carbocycles. The van der Waals surface area contributed by atoms with Crippen LogP contribution in [0.4, 0.5) is 0 Å². The van der Waals surface area contributed by atoms with Crippen LogP contribution in [0, 0.1) is 0 Å². The number of thioether (sulfide) groups is 1. The number of hydrogen-bond donors (Lipinski definition) is 1. The Morgan fingerprint density at radius 1 is 1.18 bits per heavy atom. The average Bonchev–Trinajstić information content (AvgIpc) is 2.43. The summed E-state index contributed by atoms with van der Waals surface area (Å²) in [4.78, 5) is 0. The van der Waals surface area contributed by atoms with E-state index in [1.165, 1.54) is 37.9 Å². The summed E-state index contributed by atoms with van der Waals surface area (Å²) in [5, 5.41) is 3.76. The highest BCUT2D eigenvalue weighted by Crippen LogP contribution is 2.25. The molecule has 1 heterocycles. The highest BCUT2D eigenvalue weighted by atomic mass is 32.2. The lowest BCUT2D eigenvalue weighted by Crippen LogP contribution is -2.21. The molecule has 1 aromatic carbocycles. The first kappa shape index (κ1) is 14.7. The lowest BCUT2D eigenvalue weighted by Gasteiger charge is -2.08. The smallest absolute Gasteiger partial charge is 0.0347 e. The normalized spacial score (nSPS) is 16.5. The van der Waals surface area contributed by atoms with Crippen LogP contribution in [0.1, 0.15) is 37.0 Å². The first-order valence-electron chi connectivity index (χ1n) is 6.19. The maximum Gasteiger partial charge on any atom is 0.0347 e. The van der Waals surface area contributed by atoms with Gasteiger partial charge in [-0.1, -0.05) is 49.0 Å². The zero-order valence-electron chi connectivity index (χ0n) is 10.4. The predicted molar refractivity (Wildman–Crippen MR) is 82.8 cm³/mol. The molecule has 1 aliphatic rings. The summed E-state index contributed by atoms with van der Waals surface area (Å²) in [6.45, 7) is 4.66. The molecule has 3 heteroatoms. The van der Waals surface area contributed by atoms with Crippen LogP contribution < -0.4 is 5.32 Å². The number of rotatable bonds is 3. The van der Waals surface area contributed by atoms with Gasteiger partial charge in [-0.25, -0.2) is 0 Å². The molecule has 17 heavy (non-hydrogen) atoms. The van der Waals surface area contributed by atoms with Gasteiger partial charge in [-0.05, 0) is 38.4 Å². The van der Waals surface area contributed by atoms with Gasteiger partial charge in [0.2, 0.25) is 0 Å². The molecule has 1 fully saturated rings. The second-order valence-corrected chi connectivity index (χ2v) is 5.84. The fraction of sp³-hybridized carbons (Fsp3) is 0.500. The van der Waals surface area contributed by atoms with Crippen LogP contribution in [-0.4, -0.2) is 17.8 Å². The van der Waals surface area contributed by atoms with Crippen LogP contribution >= 0.6 is 24.0 Å². The molecule has 1 atom stereocenters. The molecule has 0 saturated carbocycles. The molecule has 0 aromatic heterocycles. The van der Waals surface area contributed by atoms with Crippen LogP contribution in [0.15, 0.2) is 30.3 Å². The van der Waals surface area contributed by atoms with E-state index in [0.29, 0.717) is 5.25 Å². The first-order valence-corrected chi connectivity index (χ1v) is 7.61. The van der Waals surface area contributed by atoms with Crippen molar-refractivity contribution in [2.75, 3.05) is 13.1 Å².